The highest BCUT2D eigenvalue weighted by Gasteiger charge is 2.28. The Hall–Kier alpha value is -1.50. The van der Waals surface area contributed by atoms with Crippen LogP contribution >= 0.6 is 8.58 Å². The highest BCUT2D eigenvalue weighted by atomic mass is 31.1. The number of hydrogen-bond donors (Lipinski definition) is 3. The number of ether oxygens (including phenoxy) is 3. The number of methoxy groups -OCH3 is 2. The molecule has 0 fully saturated rings. The van der Waals surface area contributed by atoms with Crippen molar-refractivity contribution in [3.8, 4) is 0 Å². The van der Waals surface area contributed by atoms with Gasteiger partial charge in [0.25, 0.3) is 0 Å². The third-order valence-corrected chi connectivity index (χ3v) is 5.33. The van der Waals surface area contributed by atoms with Crippen LogP contribution in [0.5, 0.6) is 0 Å². The van der Waals surface area contributed by atoms with Crippen molar-refractivity contribution in [3.63, 3.8) is 0 Å². The van der Waals surface area contributed by atoms with E-state index in [4.69, 9.17) is 25.1 Å². The third-order valence-electron chi connectivity index (χ3n) is 4.26. The van der Waals surface area contributed by atoms with Gasteiger partial charge in [-0.25, -0.2) is 0 Å². The fourth-order valence-electron chi connectivity index (χ4n) is 2.49. The Kier molecular flexibility index (Phi) is 15.4. The molecule has 1 aromatic carbocycles. The molecule has 0 spiro atoms. The van der Waals surface area contributed by atoms with Crippen molar-refractivity contribution in [3.05, 3.63) is 46.4 Å². The van der Waals surface area contributed by atoms with Crippen LogP contribution in [0.2, 0.25) is 0 Å². The summed E-state index contributed by atoms with van der Waals surface area (Å²) in [6.45, 7) is 7.64. The fraction of sp³-hybridized carbons (Fsp3) is 0.591. The number of aliphatic hydroxyl groups excluding tert-OH is 2. The van der Waals surface area contributed by atoms with Crippen molar-refractivity contribution in [2.45, 2.75) is 33.8 Å². The molecule has 0 heterocycles. The van der Waals surface area contributed by atoms with Crippen molar-refractivity contribution in [2.24, 2.45) is 11.1 Å². The van der Waals surface area contributed by atoms with Crippen LogP contribution in [-0.2, 0) is 32.0 Å². The van der Waals surface area contributed by atoms with Crippen molar-refractivity contribution in [1.29, 1.82) is 0 Å². The monoisotopic (exact) mass is 443 g/mol. The fourth-order valence-corrected chi connectivity index (χ4v) is 3.25. The minimum absolute atomic E-state index is 0.0261. The van der Waals surface area contributed by atoms with Crippen molar-refractivity contribution >= 4 is 14.6 Å². The minimum Gasteiger partial charge on any atom is -0.469 e. The van der Waals surface area contributed by atoms with E-state index in [9.17, 15) is 9.90 Å². The quantitative estimate of drug-likeness (QED) is 0.258. The highest BCUT2D eigenvalue weighted by molar-refractivity contribution is 7.41. The molecule has 8 heteroatoms. The number of benzene rings is 1. The molecule has 1 atom stereocenters. The molecule has 4 N–H and O–H groups in total. The van der Waals surface area contributed by atoms with Gasteiger partial charge in [-0.3, -0.25) is 4.79 Å². The summed E-state index contributed by atoms with van der Waals surface area (Å²) in [4.78, 5) is 11.6. The van der Waals surface area contributed by atoms with Crippen LogP contribution in [-0.4, -0.2) is 63.0 Å². The molecule has 0 aliphatic rings. The second-order valence-corrected chi connectivity index (χ2v) is 8.60. The van der Waals surface area contributed by atoms with E-state index in [1.165, 1.54) is 7.11 Å². The van der Waals surface area contributed by atoms with Crippen LogP contribution in [0, 0.1) is 12.3 Å². The number of carbonyl (C=O) groups excluding carboxylic acids is 1. The standard InChI is InChI=1S/C14H20O3.C8H18NO3P/c1-10-5-6-11(7-12(10)9-15)8-14(2,3)13(16)17-4;1-11-2-3-12-4-5-13-7-8(9)6-10/h5-7,15H,8-9H2,1-4H3;7,10,13H,2-6,9H2,1H3/b;8-7-. The maximum atomic E-state index is 11.6. The summed E-state index contributed by atoms with van der Waals surface area (Å²) in [6, 6.07) is 5.90. The lowest BCUT2D eigenvalue weighted by atomic mass is 9.85. The summed E-state index contributed by atoms with van der Waals surface area (Å²) in [5.41, 5.74) is 8.39. The van der Waals surface area contributed by atoms with Gasteiger partial charge >= 0.3 is 5.97 Å². The first kappa shape index (κ1) is 28.5. The lowest BCUT2D eigenvalue weighted by Crippen LogP contribution is -2.28. The van der Waals surface area contributed by atoms with Gasteiger partial charge in [0.15, 0.2) is 0 Å². The zero-order valence-electron chi connectivity index (χ0n) is 18.9. The van der Waals surface area contributed by atoms with Crippen LogP contribution < -0.4 is 5.73 Å². The summed E-state index contributed by atoms with van der Waals surface area (Å²) in [7, 11) is 3.67. The summed E-state index contributed by atoms with van der Waals surface area (Å²) >= 11 is 0. The Morgan fingerprint density at radius 2 is 1.90 bits per heavy atom. The van der Waals surface area contributed by atoms with E-state index in [1.54, 1.807) is 7.11 Å². The average molecular weight is 444 g/mol. The number of aryl methyl sites for hydroxylation is 1. The van der Waals surface area contributed by atoms with E-state index in [0.717, 1.165) is 29.5 Å². The Morgan fingerprint density at radius 1 is 1.20 bits per heavy atom. The second-order valence-electron chi connectivity index (χ2n) is 7.41. The van der Waals surface area contributed by atoms with Crippen LogP contribution in [0.25, 0.3) is 0 Å². The van der Waals surface area contributed by atoms with Gasteiger partial charge in [-0.15, -0.1) is 0 Å². The predicted octanol–water partition coefficient (Wildman–Crippen LogP) is 2.35. The number of esters is 1. The Morgan fingerprint density at radius 3 is 2.47 bits per heavy atom. The first-order valence-corrected chi connectivity index (χ1v) is 11.1. The molecule has 1 unspecified atom stereocenters. The lowest BCUT2D eigenvalue weighted by Gasteiger charge is -2.21. The number of aliphatic hydroxyl groups is 2. The summed E-state index contributed by atoms with van der Waals surface area (Å²) in [5, 5.41) is 17.8. The molecule has 7 nitrogen and oxygen atoms in total. The molecule has 0 aromatic heterocycles. The molecule has 0 amide bonds. The van der Waals surface area contributed by atoms with E-state index in [-0.39, 0.29) is 19.2 Å². The molecular formula is C22H38NO6P. The normalized spacial score (nSPS) is 12.0. The zero-order valence-corrected chi connectivity index (χ0v) is 19.9. The van der Waals surface area contributed by atoms with E-state index < -0.39 is 5.41 Å². The van der Waals surface area contributed by atoms with Crippen LogP contribution in [0.3, 0.4) is 0 Å². The largest absolute Gasteiger partial charge is 0.469 e. The Balaban J connectivity index is 0.000000584. The first-order chi connectivity index (χ1) is 14.2. The maximum Gasteiger partial charge on any atom is 0.311 e. The number of carbonyl (C=O) groups is 1. The van der Waals surface area contributed by atoms with Gasteiger partial charge in [-0.1, -0.05) is 26.8 Å². The van der Waals surface area contributed by atoms with Gasteiger partial charge in [0.2, 0.25) is 0 Å². The molecule has 0 saturated heterocycles. The van der Waals surface area contributed by atoms with E-state index in [2.05, 4.69) is 0 Å². The Bertz CT molecular complexity index is 649. The van der Waals surface area contributed by atoms with E-state index in [0.29, 0.717) is 33.9 Å². The summed E-state index contributed by atoms with van der Waals surface area (Å²) in [5.74, 6) is 1.63. The molecule has 0 saturated carbocycles. The smallest absolute Gasteiger partial charge is 0.311 e. The molecule has 0 aliphatic carbocycles. The van der Waals surface area contributed by atoms with Crippen LogP contribution in [0.4, 0.5) is 0 Å². The van der Waals surface area contributed by atoms with E-state index >= 15 is 0 Å². The van der Waals surface area contributed by atoms with Gasteiger partial charge in [0, 0.05) is 12.8 Å². The molecule has 0 radical (unpaired) electrons. The van der Waals surface area contributed by atoms with Crippen molar-refractivity contribution in [2.75, 3.05) is 46.8 Å². The van der Waals surface area contributed by atoms with Gasteiger partial charge in [-0.05, 0) is 55.9 Å². The van der Waals surface area contributed by atoms with Gasteiger partial charge in [0.1, 0.15) is 0 Å². The maximum absolute atomic E-state index is 11.6. The third kappa shape index (κ3) is 12.3. The van der Waals surface area contributed by atoms with Gasteiger partial charge < -0.3 is 30.2 Å². The van der Waals surface area contributed by atoms with Gasteiger partial charge in [-0.2, -0.15) is 0 Å². The molecule has 1 rings (SSSR count). The van der Waals surface area contributed by atoms with Crippen LogP contribution in [0.1, 0.15) is 30.5 Å². The predicted molar refractivity (Wildman–Crippen MR) is 122 cm³/mol. The minimum atomic E-state index is -0.545. The molecule has 0 bridgehead atoms. The van der Waals surface area contributed by atoms with E-state index in [1.807, 2.05) is 44.8 Å². The van der Waals surface area contributed by atoms with Crippen molar-refractivity contribution < 1.29 is 29.2 Å². The Labute approximate surface area is 182 Å². The molecule has 1 aromatic rings. The highest BCUT2D eigenvalue weighted by Crippen LogP contribution is 2.24. The van der Waals surface area contributed by atoms with Crippen LogP contribution in [0.15, 0.2) is 29.7 Å². The SMILES string of the molecule is COC(=O)C(C)(C)Cc1ccc(C)c(CO)c1.COCCOCCP/C=C(\N)CO. The molecule has 30 heavy (non-hydrogen) atoms. The molecule has 172 valence electrons. The number of rotatable bonds is 12. The average Bonchev–Trinajstić information content (AvgIpc) is 2.73. The molecule has 0 aliphatic heterocycles. The second kappa shape index (κ2) is 16.2. The number of nitrogens with two attached hydrogens (primary N) is 1. The van der Waals surface area contributed by atoms with Gasteiger partial charge in [0.05, 0.1) is 45.6 Å². The lowest BCUT2D eigenvalue weighted by molar-refractivity contribution is -0.150. The molecular weight excluding hydrogens is 405 g/mol. The first-order valence-electron chi connectivity index (χ1n) is 9.85. The topological polar surface area (TPSA) is 111 Å². The van der Waals surface area contributed by atoms with Crippen molar-refractivity contribution in [1.82, 2.24) is 0 Å². The zero-order chi connectivity index (χ0) is 23.0. The summed E-state index contributed by atoms with van der Waals surface area (Å²) in [6.07, 6.45) is 1.55. The number of hydrogen-bond acceptors (Lipinski definition) is 7. The summed E-state index contributed by atoms with van der Waals surface area (Å²) < 4.78 is 14.8.